The third kappa shape index (κ3) is 4.74. The number of anilines is 1. The molecular formula is C23H23N3O4S2. The quantitative estimate of drug-likeness (QED) is 0.577. The lowest BCUT2D eigenvalue weighted by Crippen LogP contribution is -2.30. The Morgan fingerprint density at radius 2 is 1.78 bits per heavy atom. The Kier molecular flexibility index (Phi) is 6.14. The summed E-state index contributed by atoms with van der Waals surface area (Å²) >= 11 is 1.36. The number of sulfone groups is 1. The van der Waals surface area contributed by atoms with Gasteiger partial charge in [0.05, 0.1) is 10.5 Å². The lowest BCUT2D eigenvalue weighted by Gasteiger charge is -2.27. The monoisotopic (exact) mass is 469 g/mol. The number of hydrogen-bond acceptors (Lipinski definition) is 6. The fourth-order valence-corrected chi connectivity index (χ4v) is 5.73. The molecule has 1 aliphatic rings. The lowest BCUT2D eigenvalue weighted by molar-refractivity contribution is 0.0999. The number of nitrogens with one attached hydrogen (secondary N) is 1. The molecule has 2 heterocycles. The highest BCUT2D eigenvalue weighted by Gasteiger charge is 2.28. The Balaban J connectivity index is 1.55. The molecule has 0 fully saturated rings. The summed E-state index contributed by atoms with van der Waals surface area (Å²) in [4.78, 5) is 28.4. The maximum atomic E-state index is 12.8. The highest BCUT2D eigenvalue weighted by molar-refractivity contribution is 7.90. The van der Waals surface area contributed by atoms with Gasteiger partial charge in [-0.2, -0.15) is 0 Å². The van der Waals surface area contributed by atoms with E-state index in [0.29, 0.717) is 29.1 Å². The molecule has 7 nitrogen and oxygen atoms in total. The van der Waals surface area contributed by atoms with Gasteiger partial charge in [0.1, 0.15) is 5.00 Å². The molecule has 166 valence electrons. The van der Waals surface area contributed by atoms with Crippen LogP contribution in [0, 0.1) is 0 Å². The minimum Gasteiger partial charge on any atom is -0.365 e. The molecule has 3 aromatic rings. The Morgan fingerprint density at radius 3 is 2.41 bits per heavy atom. The van der Waals surface area contributed by atoms with Gasteiger partial charge in [-0.1, -0.05) is 30.3 Å². The number of nitrogens with zero attached hydrogens (tertiary/aromatic N) is 1. The Hall–Kier alpha value is -3.01. The third-order valence-corrected chi connectivity index (χ3v) is 7.66. The minimum atomic E-state index is -3.35. The van der Waals surface area contributed by atoms with Crippen molar-refractivity contribution in [1.29, 1.82) is 0 Å². The van der Waals surface area contributed by atoms with E-state index >= 15 is 0 Å². The van der Waals surface area contributed by atoms with Gasteiger partial charge in [-0.05, 0) is 41.8 Å². The Bertz CT molecular complexity index is 1270. The molecule has 2 amide bonds. The highest BCUT2D eigenvalue weighted by Crippen LogP contribution is 2.37. The van der Waals surface area contributed by atoms with Crippen molar-refractivity contribution in [1.82, 2.24) is 4.90 Å². The third-order valence-electron chi connectivity index (χ3n) is 5.40. The van der Waals surface area contributed by atoms with Crippen molar-refractivity contribution in [3.63, 3.8) is 0 Å². The van der Waals surface area contributed by atoms with Crippen LogP contribution >= 0.6 is 11.3 Å². The van der Waals surface area contributed by atoms with E-state index < -0.39 is 21.7 Å². The average Bonchev–Trinajstić information content (AvgIpc) is 3.11. The first-order chi connectivity index (χ1) is 15.2. The minimum absolute atomic E-state index is 0.136. The summed E-state index contributed by atoms with van der Waals surface area (Å²) in [6.07, 6.45) is 1.79. The van der Waals surface area contributed by atoms with Gasteiger partial charge in [0.2, 0.25) is 0 Å². The SMILES string of the molecule is CS(=O)(=O)c1ccc(C(=O)Nc2sc3c(c2C(N)=O)CCN(Cc2ccccc2)C3)cc1. The topological polar surface area (TPSA) is 110 Å². The second-order valence-corrected chi connectivity index (χ2v) is 10.9. The number of carbonyl (C=O) groups excluding carboxylic acids is 2. The summed E-state index contributed by atoms with van der Waals surface area (Å²) in [6.45, 7) is 2.27. The molecule has 1 aromatic heterocycles. The molecule has 1 aliphatic heterocycles. The van der Waals surface area contributed by atoms with Crippen LogP contribution in [-0.2, 0) is 29.3 Å². The predicted octanol–water partition coefficient (Wildman–Crippen LogP) is 3.06. The fourth-order valence-electron chi connectivity index (χ4n) is 3.81. The number of hydrogen-bond donors (Lipinski definition) is 2. The number of benzene rings is 2. The summed E-state index contributed by atoms with van der Waals surface area (Å²) in [5.74, 6) is -0.992. The van der Waals surface area contributed by atoms with Crippen molar-refractivity contribution in [3.05, 3.63) is 81.7 Å². The van der Waals surface area contributed by atoms with Crippen molar-refractivity contribution >= 4 is 38.0 Å². The number of fused-ring (bicyclic) bond motifs is 1. The van der Waals surface area contributed by atoms with Crippen LogP contribution in [-0.4, -0.2) is 37.9 Å². The summed E-state index contributed by atoms with van der Waals surface area (Å²) in [5, 5.41) is 3.23. The average molecular weight is 470 g/mol. The van der Waals surface area contributed by atoms with Gasteiger partial charge < -0.3 is 11.1 Å². The largest absolute Gasteiger partial charge is 0.365 e. The van der Waals surface area contributed by atoms with E-state index in [1.807, 2.05) is 18.2 Å². The lowest BCUT2D eigenvalue weighted by atomic mass is 10.0. The number of rotatable bonds is 6. The standard InChI is InChI=1S/C23H23N3O4S2/c1-32(29,30)17-9-7-16(8-10-17)22(28)25-23-20(21(24)27)18-11-12-26(14-19(18)31-23)13-15-5-3-2-4-6-15/h2-10H,11-14H2,1H3,(H2,24,27)(H,25,28). The molecule has 0 spiro atoms. The summed E-state index contributed by atoms with van der Waals surface area (Å²) in [7, 11) is -3.35. The van der Waals surface area contributed by atoms with Gasteiger partial charge in [0, 0.05) is 36.3 Å². The number of thiophene rings is 1. The van der Waals surface area contributed by atoms with E-state index in [1.54, 1.807) is 0 Å². The first-order valence-corrected chi connectivity index (χ1v) is 12.8. The molecule has 3 N–H and O–H groups in total. The van der Waals surface area contributed by atoms with E-state index in [1.165, 1.54) is 41.2 Å². The number of amides is 2. The predicted molar refractivity (Wildman–Crippen MR) is 125 cm³/mol. The summed E-state index contributed by atoms with van der Waals surface area (Å²) < 4.78 is 23.2. The molecule has 0 unspecified atom stereocenters. The van der Waals surface area contributed by atoms with Crippen LogP contribution in [0.1, 0.15) is 36.7 Å². The molecular weight excluding hydrogens is 446 g/mol. The maximum Gasteiger partial charge on any atom is 0.256 e. The van der Waals surface area contributed by atoms with Gasteiger partial charge in [-0.3, -0.25) is 14.5 Å². The molecule has 0 aliphatic carbocycles. The van der Waals surface area contributed by atoms with Crippen LogP contribution in [0.4, 0.5) is 5.00 Å². The van der Waals surface area contributed by atoms with Gasteiger partial charge in [-0.25, -0.2) is 8.42 Å². The van der Waals surface area contributed by atoms with Gasteiger partial charge in [0.15, 0.2) is 9.84 Å². The van der Waals surface area contributed by atoms with Crippen LogP contribution in [0.25, 0.3) is 0 Å². The van der Waals surface area contributed by atoms with Gasteiger partial charge in [-0.15, -0.1) is 11.3 Å². The highest BCUT2D eigenvalue weighted by atomic mass is 32.2. The normalized spacial score (nSPS) is 14.0. The van der Waals surface area contributed by atoms with Crippen LogP contribution < -0.4 is 11.1 Å². The molecule has 0 saturated heterocycles. The molecule has 0 saturated carbocycles. The number of nitrogens with two attached hydrogens (primary N) is 1. The molecule has 2 aromatic carbocycles. The van der Waals surface area contributed by atoms with Gasteiger partial charge in [0.25, 0.3) is 11.8 Å². The maximum absolute atomic E-state index is 12.8. The zero-order valence-electron chi connectivity index (χ0n) is 17.5. The van der Waals surface area contributed by atoms with E-state index in [0.717, 1.165) is 29.8 Å². The molecule has 32 heavy (non-hydrogen) atoms. The van der Waals surface area contributed by atoms with Crippen molar-refractivity contribution in [2.45, 2.75) is 24.4 Å². The van der Waals surface area contributed by atoms with Crippen LogP contribution in [0.15, 0.2) is 59.5 Å². The Morgan fingerprint density at radius 1 is 1.09 bits per heavy atom. The second-order valence-electron chi connectivity index (χ2n) is 7.77. The molecule has 0 radical (unpaired) electrons. The van der Waals surface area contributed by atoms with Crippen molar-refractivity contribution in [2.24, 2.45) is 5.73 Å². The molecule has 4 rings (SSSR count). The number of primary amides is 1. The van der Waals surface area contributed by atoms with Gasteiger partial charge >= 0.3 is 0 Å². The first-order valence-electron chi connectivity index (χ1n) is 10.0. The fraction of sp³-hybridized carbons (Fsp3) is 0.217. The number of carbonyl (C=O) groups is 2. The van der Waals surface area contributed by atoms with Crippen molar-refractivity contribution in [2.75, 3.05) is 18.1 Å². The van der Waals surface area contributed by atoms with Crippen molar-refractivity contribution < 1.29 is 18.0 Å². The summed E-state index contributed by atoms with van der Waals surface area (Å²) in [5.41, 5.74) is 8.44. The van der Waals surface area contributed by atoms with E-state index in [4.69, 9.17) is 5.73 Å². The van der Waals surface area contributed by atoms with Crippen molar-refractivity contribution in [3.8, 4) is 0 Å². The van der Waals surface area contributed by atoms with E-state index in [9.17, 15) is 18.0 Å². The van der Waals surface area contributed by atoms with E-state index in [-0.39, 0.29) is 4.90 Å². The van der Waals surface area contributed by atoms with Crippen LogP contribution in [0.3, 0.4) is 0 Å². The second kappa shape index (κ2) is 8.85. The molecule has 0 atom stereocenters. The van der Waals surface area contributed by atoms with Crippen LogP contribution in [0.5, 0.6) is 0 Å². The van der Waals surface area contributed by atoms with Crippen LogP contribution in [0.2, 0.25) is 0 Å². The molecule has 9 heteroatoms. The van der Waals surface area contributed by atoms with E-state index in [2.05, 4.69) is 22.3 Å². The smallest absolute Gasteiger partial charge is 0.256 e. The molecule has 0 bridgehead atoms. The first kappa shape index (κ1) is 22.2. The summed E-state index contributed by atoms with van der Waals surface area (Å²) in [6, 6.07) is 15.9. The zero-order valence-corrected chi connectivity index (χ0v) is 19.1. The zero-order chi connectivity index (χ0) is 22.9. The Labute approximate surface area is 190 Å².